The molecule has 0 fully saturated rings. The fourth-order valence-electron chi connectivity index (χ4n) is 3.15. The second-order valence-corrected chi connectivity index (χ2v) is 6.37. The molecule has 1 amide bonds. The molecule has 25 heavy (non-hydrogen) atoms. The monoisotopic (exact) mass is 334 g/mol. The molecule has 0 N–H and O–H groups in total. The van der Waals surface area contributed by atoms with Crippen LogP contribution in [0.15, 0.2) is 59.6 Å². The Morgan fingerprint density at radius 3 is 2.48 bits per heavy atom. The number of benzene rings is 2. The highest BCUT2D eigenvalue weighted by Gasteiger charge is 2.29. The predicted octanol–water partition coefficient (Wildman–Crippen LogP) is 3.63. The molecule has 0 saturated carbocycles. The Balaban J connectivity index is 2.04. The van der Waals surface area contributed by atoms with Gasteiger partial charge in [-0.15, -0.1) is 0 Å². The van der Waals surface area contributed by atoms with Gasteiger partial charge in [0.1, 0.15) is 11.8 Å². The standard InChI is InChI=1S/C21H22N2O2/c1-15(24)9-8-13-18-21(25)23(2)19-14-7-6-12-17(19)20(22-18)16-10-4-3-5-11-16/h3-7,10-12,14,18H,8-9,13H2,1-2H3. The van der Waals surface area contributed by atoms with E-state index in [0.29, 0.717) is 19.3 Å². The van der Waals surface area contributed by atoms with E-state index in [9.17, 15) is 9.59 Å². The van der Waals surface area contributed by atoms with Crippen LogP contribution >= 0.6 is 0 Å². The van der Waals surface area contributed by atoms with Crippen molar-refractivity contribution in [3.05, 3.63) is 65.7 Å². The lowest BCUT2D eigenvalue weighted by Gasteiger charge is -2.20. The van der Waals surface area contributed by atoms with Crippen molar-refractivity contribution in [2.75, 3.05) is 11.9 Å². The molecule has 128 valence electrons. The fraction of sp³-hybridized carbons (Fsp3) is 0.286. The molecule has 4 heteroatoms. The topological polar surface area (TPSA) is 49.7 Å². The second-order valence-electron chi connectivity index (χ2n) is 6.37. The van der Waals surface area contributed by atoms with E-state index in [1.165, 1.54) is 0 Å². The number of para-hydroxylation sites is 1. The number of benzodiazepines with no additional fused rings is 1. The summed E-state index contributed by atoms with van der Waals surface area (Å²) in [6, 6.07) is 17.3. The third-order valence-electron chi connectivity index (χ3n) is 4.47. The molecule has 1 atom stereocenters. The average Bonchev–Trinajstić information content (AvgIpc) is 2.73. The van der Waals surface area contributed by atoms with E-state index in [-0.39, 0.29) is 11.7 Å². The maximum Gasteiger partial charge on any atom is 0.251 e. The number of likely N-dealkylation sites (N-methyl/N-ethyl adjacent to an activating group) is 1. The number of amides is 1. The highest BCUT2D eigenvalue weighted by molar-refractivity contribution is 6.20. The van der Waals surface area contributed by atoms with E-state index in [2.05, 4.69) is 0 Å². The maximum absolute atomic E-state index is 12.9. The summed E-state index contributed by atoms with van der Waals surface area (Å²) in [6.45, 7) is 1.58. The molecular formula is C21H22N2O2. The van der Waals surface area contributed by atoms with Gasteiger partial charge in [0.25, 0.3) is 5.91 Å². The number of rotatable bonds is 5. The third-order valence-corrected chi connectivity index (χ3v) is 4.47. The normalized spacial score (nSPS) is 16.9. The summed E-state index contributed by atoms with van der Waals surface area (Å²) >= 11 is 0. The lowest BCUT2D eigenvalue weighted by atomic mass is 10.0. The van der Waals surface area contributed by atoms with Gasteiger partial charge in [-0.25, -0.2) is 0 Å². The molecule has 2 aromatic carbocycles. The SMILES string of the molecule is CC(=O)CCCC1N=C(c2ccccc2)c2ccccc2N(C)C1=O. The Hall–Kier alpha value is -2.75. The molecular weight excluding hydrogens is 312 g/mol. The van der Waals surface area contributed by atoms with Gasteiger partial charge in [-0.2, -0.15) is 0 Å². The second kappa shape index (κ2) is 7.43. The number of hydrogen-bond donors (Lipinski definition) is 0. The number of carbonyl (C=O) groups is 2. The zero-order valence-corrected chi connectivity index (χ0v) is 14.6. The largest absolute Gasteiger partial charge is 0.313 e. The van der Waals surface area contributed by atoms with E-state index in [1.54, 1.807) is 18.9 Å². The van der Waals surface area contributed by atoms with Crippen LogP contribution in [0.4, 0.5) is 5.69 Å². The molecule has 1 aliphatic heterocycles. The molecule has 1 aliphatic rings. The molecule has 0 aliphatic carbocycles. The zero-order valence-electron chi connectivity index (χ0n) is 14.6. The fourth-order valence-corrected chi connectivity index (χ4v) is 3.15. The quantitative estimate of drug-likeness (QED) is 0.838. The molecule has 0 saturated heterocycles. The summed E-state index contributed by atoms with van der Waals surface area (Å²) < 4.78 is 0. The van der Waals surface area contributed by atoms with Gasteiger partial charge in [0.2, 0.25) is 0 Å². The Labute approximate surface area is 148 Å². The van der Waals surface area contributed by atoms with E-state index in [0.717, 1.165) is 22.5 Å². The van der Waals surface area contributed by atoms with Gasteiger partial charge in [-0.1, -0.05) is 48.5 Å². The van der Waals surface area contributed by atoms with Crippen molar-refractivity contribution in [3.63, 3.8) is 0 Å². The number of anilines is 1. The summed E-state index contributed by atoms with van der Waals surface area (Å²) in [4.78, 5) is 30.6. The van der Waals surface area contributed by atoms with Gasteiger partial charge in [0.15, 0.2) is 0 Å². The summed E-state index contributed by atoms with van der Waals surface area (Å²) in [5, 5.41) is 0. The van der Waals surface area contributed by atoms with Gasteiger partial charge in [0, 0.05) is 24.6 Å². The van der Waals surface area contributed by atoms with E-state index >= 15 is 0 Å². The van der Waals surface area contributed by atoms with Crippen molar-refractivity contribution in [1.29, 1.82) is 0 Å². The van der Waals surface area contributed by atoms with Crippen molar-refractivity contribution in [2.24, 2.45) is 4.99 Å². The lowest BCUT2D eigenvalue weighted by molar-refractivity contribution is -0.120. The lowest BCUT2D eigenvalue weighted by Crippen LogP contribution is -2.34. The number of aliphatic imine (C=N–C) groups is 1. The molecule has 3 rings (SSSR count). The first-order valence-electron chi connectivity index (χ1n) is 8.57. The van der Waals surface area contributed by atoms with E-state index < -0.39 is 6.04 Å². The van der Waals surface area contributed by atoms with Crippen molar-refractivity contribution in [2.45, 2.75) is 32.2 Å². The average molecular weight is 334 g/mol. The summed E-state index contributed by atoms with van der Waals surface area (Å²) in [5.41, 5.74) is 3.65. The predicted molar refractivity (Wildman–Crippen MR) is 100 cm³/mol. The van der Waals surface area contributed by atoms with Crippen molar-refractivity contribution in [3.8, 4) is 0 Å². The molecule has 0 radical (unpaired) electrons. The van der Waals surface area contributed by atoms with Crippen LogP contribution in [0.2, 0.25) is 0 Å². The minimum atomic E-state index is -0.466. The van der Waals surface area contributed by atoms with Crippen molar-refractivity contribution >= 4 is 23.1 Å². The van der Waals surface area contributed by atoms with Crippen LogP contribution in [-0.2, 0) is 9.59 Å². The molecule has 2 aromatic rings. The first-order chi connectivity index (χ1) is 12.1. The summed E-state index contributed by atoms with van der Waals surface area (Å²) in [6.07, 6.45) is 1.73. The Morgan fingerprint density at radius 2 is 1.76 bits per heavy atom. The highest BCUT2D eigenvalue weighted by Crippen LogP contribution is 2.28. The van der Waals surface area contributed by atoms with E-state index in [1.807, 2.05) is 54.6 Å². The minimum absolute atomic E-state index is 0.0260. The zero-order chi connectivity index (χ0) is 17.8. The number of carbonyl (C=O) groups excluding carboxylic acids is 2. The van der Waals surface area contributed by atoms with Crippen LogP contribution in [0.1, 0.15) is 37.3 Å². The molecule has 0 bridgehead atoms. The summed E-state index contributed by atoms with van der Waals surface area (Å²) in [5.74, 6) is 0.118. The summed E-state index contributed by atoms with van der Waals surface area (Å²) in [7, 11) is 1.79. The maximum atomic E-state index is 12.9. The van der Waals surface area contributed by atoms with Gasteiger partial charge in [0.05, 0.1) is 11.4 Å². The number of Topliss-reactive ketones (excluding diaryl/α,β-unsaturated/α-hetero) is 1. The number of nitrogens with zero attached hydrogens (tertiary/aromatic N) is 2. The first-order valence-corrected chi connectivity index (χ1v) is 8.57. The van der Waals surface area contributed by atoms with Gasteiger partial charge < -0.3 is 9.69 Å². The molecule has 4 nitrogen and oxygen atoms in total. The van der Waals surface area contributed by atoms with Crippen molar-refractivity contribution in [1.82, 2.24) is 0 Å². The Bertz CT molecular complexity index is 812. The molecule has 1 heterocycles. The van der Waals surface area contributed by atoms with Crippen LogP contribution < -0.4 is 4.90 Å². The van der Waals surface area contributed by atoms with Gasteiger partial charge in [-0.05, 0) is 25.8 Å². The van der Waals surface area contributed by atoms with E-state index in [4.69, 9.17) is 4.99 Å². The smallest absolute Gasteiger partial charge is 0.251 e. The Kier molecular flexibility index (Phi) is 5.08. The number of hydrogen-bond acceptors (Lipinski definition) is 3. The first kappa shape index (κ1) is 17.1. The highest BCUT2D eigenvalue weighted by atomic mass is 16.2. The van der Waals surface area contributed by atoms with Crippen LogP contribution in [0.5, 0.6) is 0 Å². The van der Waals surface area contributed by atoms with Crippen LogP contribution in [0, 0.1) is 0 Å². The van der Waals surface area contributed by atoms with Crippen LogP contribution in [0.25, 0.3) is 0 Å². The van der Waals surface area contributed by atoms with Crippen molar-refractivity contribution < 1.29 is 9.59 Å². The third kappa shape index (κ3) is 3.68. The molecule has 0 aromatic heterocycles. The van der Waals surface area contributed by atoms with Gasteiger partial charge >= 0.3 is 0 Å². The molecule has 0 spiro atoms. The number of fused-ring (bicyclic) bond motifs is 1. The minimum Gasteiger partial charge on any atom is -0.313 e. The van der Waals surface area contributed by atoms with Gasteiger partial charge in [-0.3, -0.25) is 9.79 Å². The Morgan fingerprint density at radius 1 is 1.08 bits per heavy atom. The van der Waals surface area contributed by atoms with Crippen LogP contribution in [-0.4, -0.2) is 30.5 Å². The number of ketones is 1. The molecule has 1 unspecified atom stereocenters. The van der Waals surface area contributed by atoms with Crippen LogP contribution in [0.3, 0.4) is 0 Å².